The van der Waals surface area contributed by atoms with E-state index in [0.717, 1.165) is 49.0 Å². The molecule has 3 aromatic rings. The summed E-state index contributed by atoms with van der Waals surface area (Å²) in [5.74, 6) is 1.95. The Labute approximate surface area is 234 Å². The van der Waals surface area contributed by atoms with Crippen LogP contribution in [0.3, 0.4) is 0 Å². The van der Waals surface area contributed by atoms with Crippen molar-refractivity contribution in [2.24, 2.45) is 11.8 Å². The lowest BCUT2D eigenvalue weighted by molar-refractivity contribution is -0.111. The van der Waals surface area contributed by atoms with Crippen molar-refractivity contribution < 1.29 is 19.1 Å². The van der Waals surface area contributed by atoms with Gasteiger partial charge in [-0.3, -0.25) is 4.79 Å². The number of hydrogen-bond donors (Lipinski definition) is 1. The second-order valence-electron chi connectivity index (χ2n) is 11.2. The highest BCUT2D eigenvalue weighted by molar-refractivity contribution is 7.17. The Kier molecular flexibility index (Phi) is 6.84. The molecule has 0 saturated heterocycles. The number of ether oxygens (including phenoxy) is 2. The van der Waals surface area contributed by atoms with Gasteiger partial charge in [-0.2, -0.15) is 0 Å². The van der Waals surface area contributed by atoms with Crippen molar-refractivity contribution >= 4 is 34.3 Å². The van der Waals surface area contributed by atoms with E-state index in [4.69, 9.17) is 9.47 Å². The Morgan fingerprint density at radius 1 is 1.15 bits per heavy atom. The minimum Gasteiger partial charge on any atom is -0.497 e. The molecule has 1 aromatic heterocycles. The molecule has 6 heteroatoms. The average Bonchev–Trinajstić information content (AvgIpc) is 3.45. The van der Waals surface area contributed by atoms with Gasteiger partial charge in [0.2, 0.25) is 5.91 Å². The molecular weight excluding hydrogens is 506 g/mol. The number of amides is 1. The van der Waals surface area contributed by atoms with Gasteiger partial charge >= 0.3 is 5.97 Å². The summed E-state index contributed by atoms with van der Waals surface area (Å²) >= 11 is 1.56. The predicted octanol–water partition coefficient (Wildman–Crippen LogP) is 7.16. The Morgan fingerprint density at radius 2 is 1.97 bits per heavy atom. The molecule has 1 fully saturated rings. The molecule has 39 heavy (non-hydrogen) atoms. The van der Waals surface area contributed by atoms with Crippen LogP contribution in [-0.2, 0) is 27.8 Å². The monoisotopic (exact) mass is 541 g/mol. The van der Waals surface area contributed by atoms with E-state index >= 15 is 0 Å². The quantitative estimate of drug-likeness (QED) is 0.266. The SMILES string of the molecule is CCOC(=O)c1c(NC(=O)/C=C/c2ccccc2)sc2c1[C@]1(C)CC[C@@H]3c4ccc(OC)cc4CC[C@H]3[C@H]1C2. The van der Waals surface area contributed by atoms with Crippen LogP contribution in [0.1, 0.15) is 76.5 Å². The van der Waals surface area contributed by atoms with Gasteiger partial charge in [-0.05, 0) is 103 Å². The lowest BCUT2D eigenvalue weighted by Crippen LogP contribution is -2.43. The summed E-state index contributed by atoms with van der Waals surface area (Å²) in [6.07, 6.45) is 8.59. The molecule has 3 aliphatic rings. The van der Waals surface area contributed by atoms with Gasteiger partial charge in [0.1, 0.15) is 10.8 Å². The van der Waals surface area contributed by atoms with Gasteiger partial charge in [-0.1, -0.05) is 43.3 Å². The molecule has 1 N–H and O–H groups in total. The number of rotatable bonds is 6. The van der Waals surface area contributed by atoms with Crippen molar-refractivity contribution in [2.45, 2.75) is 57.3 Å². The summed E-state index contributed by atoms with van der Waals surface area (Å²) in [6, 6.07) is 16.3. The summed E-state index contributed by atoms with van der Waals surface area (Å²) < 4.78 is 11.0. The van der Waals surface area contributed by atoms with Crippen molar-refractivity contribution in [3.8, 4) is 5.75 Å². The number of nitrogens with one attached hydrogen (secondary N) is 1. The molecule has 1 amide bonds. The Hall–Kier alpha value is -3.38. The first-order chi connectivity index (χ1) is 18.9. The van der Waals surface area contributed by atoms with E-state index in [-0.39, 0.29) is 17.3 Å². The molecule has 0 bridgehead atoms. The van der Waals surface area contributed by atoms with Crippen LogP contribution in [0.4, 0.5) is 5.00 Å². The minimum absolute atomic E-state index is 0.109. The number of carbonyl (C=O) groups is 2. The topological polar surface area (TPSA) is 64.6 Å². The zero-order valence-corrected chi connectivity index (χ0v) is 23.6. The number of anilines is 1. The Bertz CT molecular complexity index is 1440. The minimum atomic E-state index is -0.331. The molecule has 0 radical (unpaired) electrons. The molecule has 5 nitrogen and oxygen atoms in total. The largest absolute Gasteiger partial charge is 0.497 e. The van der Waals surface area contributed by atoms with E-state index in [1.807, 2.05) is 37.3 Å². The van der Waals surface area contributed by atoms with Crippen molar-refractivity contribution in [2.75, 3.05) is 19.0 Å². The Balaban J connectivity index is 1.31. The molecular formula is C33H35NO4S. The molecule has 202 valence electrons. The normalized spacial score (nSPS) is 24.8. The molecule has 0 aliphatic heterocycles. The molecule has 0 spiro atoms. The van der Waals surface area contributed by atoms with Crippen LogP contribution in [0.5, 0.6) is 5.75 Å². The first-order valence-corrected chi connectivity index (χ1v) is 14.8. The van der Waals surface area contributed by atoms with Gasteiger partial charge in [0.05, 0.1) is 19.3 Å². The smallest absolute Gasteiger partial charge is 0.341 e. The van der Waals surface area contributed by atoms with Crippen molar-refractivity contribution in [1.29, 1.82) is 0 Å². The number of fused-ring (bicyclic) bond motifs is 7. The molecule has 3 aliphatic carbocycles. The van der Waals surface area contributed by atoms with Crippen LogP contribution in [0.25, 0.3) is 6.08 Å². The summed E-state index contributed by atoms with van der Waals surface area (Å²) in [5, 5.41) is 3.64. The van der Waals surface area contributed by atoms with Gasteiger partial charge in [0, 0.05) is 11.0 Å². The lowest BCUT2D eigenvalue weighted by Gasteiger charge is -2.49. The summed E-state index contributed by atoms with van der Waals surface area (Å²) in [7, 11) is 1.73. The summed E-state index contributed by atoms with van der Waals surface area (Å²) in [4.78, 5) is 27.5. The highest BCUT2D eigenvalue weighted by Gasteiger charge is 2.55. The van der Waals surface area contributed by atoms with E-state index in [0.29, 0.717) is 34.9 Å². The van der Waals surface area contributed by atoms with Crippen LogP contribution in [0.15, 0.2) is 54.6 Å². The number of carbonyl (C=O) groups excluding carboxylic acids is 2. The Morgan fingerprint density at radius 3 is 2.74 bits per heavy atom. The van der Waals surface area contributed by atoms with Crippen LogP contribution >= 0.6 is 11.3 Å². The van der Waals surface area contributed by atoms with Gasteiger partial charge in [-0.25, -0.2) is 4.79 Å². The van der Waals surface area contributed by atoms with Crippen LogP contribution in [0.2, 0.25) is 0 Å². The van der Waals surface area contributed by atoms with Crippen molar-refractivity contribution in [3.63, 3.8) is 0 Å². The third-order valence-electron chi connectivity index (χ3n) is 9.22. The lowest BCUT2D eigenvalue weighted by atomic mass is 9.54. The molecule has 0 unspecified atom stereocenters. The highest BCUT2D eigenvalue weighted by atomic mass is 32.1. The van der Waals surface area contributed by atoms with Gasteiger partial charge in [-0.15, -0.1) is 11.3 Å². The summed E-state index contributed by atoms with van der Waals surface area (Å²) in [5.41, 5.74) is 5.44. The fourth-order valence-electron chi connectivity index (χ4n) is 7.49. The van der Waals surface area contributed by atoms with Gasteiger partial charge in [0.15, 0.2) is 0 Å². The maximum atomic E-state index is 13.4. The van der Waals surface area contributed by atoms with Crippen molar-refractivity contribution in [3.05, 3.63) is 87.3 Å². The van der Waals surface area contributed by atoms with E-state index in [1.165, 1.54) is 22.1 Å². The zero-order chi connectivity index (χ0) is 27.1. The van der Waals surface area contributed by atoms with Gasteiger partial charge in [0.25, 0.3) is 0 Å². The highest BCUT2D eigenvalue weighted by Crippen LogP contribution is 2.63. The summed E-state index contributed by atoms with van der Waals surface area (Å²) in [6.45, 7) is 4.48. The van der Waals surface area contributed by atoms with E-state index < -0.39 is 0 Å². The van der Waals surface area contributed by atoms with Gasteiger partial charge < -0.3 is 14.8 Å². The average molecular weight is 542 g/mol. The number of thiophene rings is 1. The molecule has 6 rings (SSSR count). The number of esters is 1. The first-order valence-electron chi connectivity index (χ1n) is 14.0. The second kappa shape index (κ2) is 10.3. The fourth-order valence-corrected chi connectivity index (χ4v) is 8.88. The first kappa shape index (κ1) is 25.9. The molecule has 2 aromatic carbocycles. The number of hydrogen-bond acceptors (Lipinski definition) is 5. The predicted molar refractivity (Wildman–Crippen MR) is 156 cm³/mol. The van der Waals surface area contributed by atoms with E-state index in [9.17, 15) is 9.59 Å². The maximum absolute atomic E-state index is 13.4. The van der Waals surface area contributed by atoms with Crippen molar-refractivity contribution in [1.82, 2.24) is 0 Å². The standard InChI is InChI=1S/C33H35NO4S/c1-4-38-32(36)29-30-27(39-31(29)34-28(35)15-10-20-8-6-5-7-9-20)19-26-25-13-11-21-18-22(37-3)12-14-23(21)24(25)16-17-33(26,30)2/h5-10,12,14-15,18,24-26H,4,11,13,16-17,19H2,1-3H3,(H,34,35)/b15-10+/t24-,25-,26-,33-/m1/s1. The number of benzene rings is 2. The molecule has 1 heterocycles. The van der Waals surface area contributed by atoms with Crippen LogP contribution < -0.4 is 10.1 Å². The molecule has 4 atom stereocenters. The van der Waals surface area contributed by atoms with E-state index in [2.05, 4.69) is 30.4 Å². The fraction of sp³-hybridized carbons (Fsp3) is 0.394. The number of methoxy groups -OCH3 is 1. The second-order valence-corrected chi connectivity index (χ2v) is 12.3. The third kappa shape index (κ3) is 4.49. The number of aryl methyl sites for hydroxylation is 1. The third-order valence-corrected chi connectivity index (χ3v) is 10.4. The van der Waals surface area contributed by atoms with E-state index in [1.54, 1.807) is 24.5 Å². The van der Waals surface area contributed by atoms with Crippen LogP contribution in [-0.4, -0.2) is 25.6 Å². The van der Waals surface area contributed by atoms with Crippen LogP contribution in [0, 0.1) is 11.8 Å². The maximum Gasteiger partial charge on any atom is 0.341 e. The zero-order valence-electron chi connectivity index (χ0n) is 22.8. The molecule has 1 saturated carbocycles.